The van der Waals surface area contributed by atoms with Gasteiger partial charge in [0.05, 0.1) is 18.3 Å². The topological polar surface area (TPSA) is 108 Å². The first-order chi connectivity index (χ1) is 16.9. The summed E-state index contributed by atoms with van der Waals surface area (Å²) in [7, 11) is 1.87. The maximum absolute atomic E-state index is 13.2. The molecule has 1 atom stereocenters. The Hall–Kier alpha value is -2.95. The van der Waals surface area contributed by atoms with Crippen LogP contribution < -0.4 is 10.7 Å². The van der Waals surface area contributed by atoms with Crippen molar-refractivity contribution in [2.24, 2.45) is 0 Å². The Kier molecular flexibility index (Phi) is 8.04. The van der Waals surface area contributed by atoms with Gasteiger partial charge in [-0.1, -0.05) is 23.7 Å². The Labute approximate surface area is 211 Å². The molecular formula is C25H26ClN3O5S. The molecule has 0 spiro atoms. The zero-order chi connectivity index (χ0) is 24.9. The average Bonchev–Trinajstić information content (AvgIpc) is 3.51. The number of pyridine rings is 1. The molecule has 0 radical (unpaired) electrons. The molecule has 0 saturated heterocycles. The van der Waals surface area contributed by atoms with Gasteiger partial charge in [0, 0.05) is 42.3 Å². The number of carbonyl (C=O) groups is 1. The summed E-state index contributed by atoms with van der Waals surface area (Å²) in [5.74, 6) is 0.00931. The molecule has 10 heteroatoms. The summed E-state index contributed by atoms with van der Waals surface area (Å²) >= 11 is 7.33. The van der Waals surface area contributed by atoms with E-state index >= 15 is 0 Å². The van der Waals surface area contributed by atoms with Crippen molar-refractivity contribution in [1.29, 1.82) is 0 Å². The summed E-state index contributed by atoms with van der Waals surface area (Å²) in [5.41, 5.74) is 0.520. The molecule has 4 aromatic rings. The third-order valence-electron chi connectivity index (χ3n) is 5.53. The fourth-order valence-corrected chi connectivity index (χ4v) is 5.17. The predicted octanol–water partition coefficient (Wildman–Crippen LogP) is 3.40. The van der Waals surface area contributed by atoms with Crippen molar-refractivity contribution >= 4 is 39.1 Å². The van der Waals surface area contributed by atoms with Crippen LogP contribution in [0.4, 0.5) is 0 Å². The first-order valence-electron chi connectivity index (χ1n) is 11.0. The van der Waals surface area contributed by atoms with Crippen LogP contribution in [-0.2, 0) is 19.6 Å². The van der Waals surface area contributed by atoms with Crippen molar-refractivity contribution in [1.82, 2.24) is 14.8 Å². The van der Waals surface area contributed by atoms with Crippen LogP contribution in [0.15, 0.2) is 64.1 Å². The summed E-state index contributed by atoms with van der Waals surface area (Å²) in [6.45, 7) is 1.22. The van der Waals surface area contributed by atoms with E-state index in [1.165, 1.54) is 23.8 Å². The highest BCUT2D eigenvalue weighted by atomic mass is 35.5. The minimum atomic E-state index is -0.769. The van der Waals surface area contributed by atoms with Crippen molar-refractivity contribution in [3.05, 3.63) is 91.9 Å². The Morgan fingerprint density at radius 1 is 1.29 bits per heavy atom. The number of nitrogens with one attached hydrogen (secondary N) is 1. The van der Waals surface area contributed by atoms with E-state index in [1.807, 2.05) is 11.9 Å². The van der Waals surface area contributed by atoms with Crippen LogP contribution in [0.25, 0.3) is 10.2 Å². The first-order valence-corrected chi connectivity index (χ1v) is 12.2. The molecule has 0 fully saturated rings. The van der Waals surface area contributed by atoms with Gasteiger partial charge in [-0.25, -0.2) is 0 Å². The number of rotatable bonds is 10. The highest BCUT2D eigenvalue weighted by Gasteiger charge is 2.19. The van der Waals surface area contributed by atoms with Gasteiger partial charge in [0.15, 0.2) is 0 Å². The number of aliphatic hydroxyl groups is 2. The maximum Gasteiger partial charge on any atom is 0.257 e. The summed E-state index contributed by atoms with van der Waals surface area (Å²) in [4.78, 5) is 29.6. The van der Waals surface area contributed by atoms with E-state index in [2.05, 4.69) is 5.32 Å². The monoisotopic (exact) mass is 515 g/mol. The van der Waals surface area contributed by atoms with Crippen LogP contribution in [0.5, 0.6) is 0 Å². The Morgan fingerprint density at radius 2 is 2.06 bits per heavy atom. The number of thiophene rings is 1. The lowest BCUT2D eigenvalue weighted by atomic mass is 10.1. The van der Waals surface area contributed by atoms with E-state index in [0.717, 1.165) is 10.4 Å². The van der Waals surface area contributed by atoms with Crippen molar-refractivity contribution < 1.29 is 19.4 Å². The number of hydrogen-bond acceptors (Lipinski definition) is 7. The van der Waals surface area contributed by atoms with Crippen LogP contribution in [-0.4, -0.2) is 45.8 Å². The largest absolute Gasteiger partial charge is 0.467 e. The molecule has 3 heterocycles. The van der Waals surface area contributed by atoms with Gasteiger partial charge in [0.1, 0.15) is 22.3 Å². The second-order valence-corrected chi connectivity index (χ2v) is 9.81. The van der Waals surface area contributed by atoms with Gasteiger partial charge >= 0.3 is 0 Å². The van der Waals surface area contributed by atoms with Crippen LogP contribution >= 0.6 is 22.9 Å². The lowest BCUT2D eigenvalue weighted by molar-refractivity contribution is 0.0949. The smallest absolute Gasteiger partial charge is 0.257 e. The number of hydrogen-bond donors (Lipinski definition) is 3. The summed E-state index contributed by atoms with van der Waals surface area (Å²) < 4.78 is 6.99. The number of halogens is 1. The molecule has 0 aliphatic heterocycles. The zero-order valence-corrected chi connectivity index (χ0v) is 20.7. The number of likely N-dealkylation sites (N-methyl/N-ethyl adjacent to an activating group) is 1. The number of benzene rings is 1. The van der Waals surface area contributed by atoms with Crippen molar-refractivity contribution in [3.8, 4) is 0 Å². The summed E-state index contributed by atoms with van der Waals surface area (Å²) in [6.07, 6.45) is 2.25. The SMILES string of the molecule is CN(Cc1cc2c(=O)c(C(=O)NCc3ccc(Cl)cc3)cn(CCO)c2s1)C[C@@H](O)c1ccco1. The molecule has 3 N–H and O–H groups in total. The summed E-state index contributed by atoms with van der Waals surface area (Å²) in [6, 6.07) is 12.3. The Balaban J connectivity index is 1.54. The molecule has 0 aliphatic rings. The van der Waals surface area contributed by atoms with E-state index in [-0.39, 0.29) is 30.7 Å². The van der Waals surface area contributed by atoms with Crippen LogP contribution in [0, 0.1) is 0 Å². The average molecular weight is 516 g/mol. The molecule has 0 aliphatic carbocycles. The van der Waals surface area contributed by atoms with Crippen molar-refractivity contribution in [3.63, 3.8) is 0 Å². The standard InChI is InChI=1S/C25H26ClN3O5S/c1-28(15-21(31)22-3-2-10-34-22)13-18-11-19-23(32)20(14-29(8-9-30)25(19)35-18)24(33)27-12-16-4-6-17(26)7-5-16/h2-7,10-11,14,21,30-31H,8-9,12-13,15H2,1H3,(H,27,33)/t21-/m1/s1. The third kappa shape index (κ3) is 6.01. The lowest BCUT2D eigenvalue weighted by Crippen LogP contribution is -2.29. The van der Waals surface area contributed by atoms with Crippen molar-refractivity contribution in [2.45, 2.75) is 25.7 Å². The predicted molar refractivity (Wildman–Crippen MR) is 136 cm³/mol. The number of nitrogens with zero attached hydrogens (tertiary/aromatic N) is 2. The van der Waals surface area contributed by atoms with Crippen LogP contribution in [0.3, 0.4) is 0 Å². The Morgan fingerprint density at radius 3 is 2.74 bits per heavy atom. The fourth-order valence-electron chi connectivity index (χ4n) is 3.82. The van der Waals surface area contributed by atoms with Gasteiger partial charge in [-0.2, -0.15) is 0 Å². The number of amides is 1. The van der Waals surface area contributed by atoms with Gasteiger partial charge < -0.3 is 24.5 Å². The molecule has 0 bridgehead atoms. The molecule has 0 unspecified atom stereocenters. The minimum Gasteiger partial charge on any atom is -0.467 e. The van der Waals surface area contributed by atoms with E-state index < -0.39 is 12.0 Å². The van der Waals surface area contributed by atoms with Crippen molar-refractivity contribution in [2.75, 3.05) is 20.2 Å². The third-order valence-corrected chi connectivity index (χ3v) is 6.94. The molecule has 1 amide bonds. The highest BCUT2D eigenvalue weighted by Crippen LogP contribution is 2.26. The number of carbonyl (C=O) groups excluding carboxylic acids is 1. The van der Waals surface area contributed by atoms with Gasteiger partial charge in [0.2, 0.25) is 5.43 Å². The van der Waals surface area contributed by atoms with Gasteiger partial charge in [-0.15, -0.1) is 11.3 Å². The van der Waals surface area contributed by atoms with Gasteiger partial charge in [-0.05, 0) is 42.9 Å². The maximum atomic E-state index is 13.2. The van der Waals surface area contributed by atoms with Crippen LogP contribution in [0.1, 0.15) is 32.7 Å². The molecule has 0 saturated carbocycles. The first kappa shape index (κ1) is 25.2. The zero-order valence-electron chi connectivity index (χ0n) is 19.1. The van der Waals surface area contributed by atoms with Crippen LogP contribution in [0.2, 0.25) is 5.02 Å². The second-order valence-electron chi connectivity index (χ2n) is 8.26. The number of aromatic nitrogens is 1. The fraction of sp³-hybridized carbons (Fsp3) is 0.280. The molecule has 1 aromatic carbocycles. The Bertz CT molecular complexity index is 1350. The molecule has 35 heavy (non-hydrogen) atoms. The van der Waals surface area contributed by atoms with E-state index in [1.54, 1.807) is 47.0 Å². The van der Waals surface area contributed by atoms with E-state index in [0.29, 0.717) is 34.1 Å². The number of aliphatic hydroxyl groups excluding tert-OH is 2. The van der Waals surface area contributed by atoms with E-state index in [4.69, 9.17) is 16.0 Å². The molecule has 4 rings (SSSR count). The molecular weight excluding hydrogens is 490 g/mol. The van der Waals surface area contributed by atoms with Gasteiger partial charge in [-0.3, -0.25) is 14.5 Å². The minimum absolute atomic E-state index is 0.0193. The molecule has 8 nitrogen and oxygen atoms in total. The normalized spacial score (nSPS) is 12.4. The summed E-state index contributed by atoms with van der Waals surface area (Å²) in [5, 5.41) is 23.7. The quantitative estimate of drug-likeness (QED) is 0.299. The number of fused-ring (bicyclic) bond motifs is 1. The number of furan rings is 1. The highest BCUT2D eigenvalue weighted by molar-refractivity contribution is 7.18. The van der Waals surface area contributed by atoms with E-state index in [9.17, 15) is 19.8 Å². The molecule has 184 valence electrons. The lowest BCUT2D eigenvalue weighted by Gasteiger charge is -2.18. The molecule has 3 aromatic heterocycles. The van der Waals surface area contributed by atoms with Gasteiger partial charge in [0.25, 0.3) is 5.91 Å². The second kappa shape index (κ2) is 11.2.